The molecule has 0 heterocycles. The number of nitrogens with two attached hydrogens (primary N) is 1. The summed E-state index contributed by atoms with van der Waals surface area (Å²) in [6.07, 6.45) is 0.879. The summed E-state index contributed by atoms with van der Waals surface area (Å²) in [7, 11) is 1.66. The molecule has 0 aliphatic heterocycles. The Morgan fingerprint density at radius 3 is 2.64 bits per heavy atom. The molecule has 66 valence electrons. The summed E-state index contributed by atoms with van der Waals surface area (Å²) in [5.74, 6) is 1.32. The van der Waals surface area contributed by atoms with Crippen molar-refractivity contribution in [3.63, 3.8) is 0 Å². The van der Waals surface area contributed by atoms with Crippen molar-refractivity contribution in [2.45, 2.75) is 20.3 Å². The van der Waals surface area contributed by atoms with Gasteiger partial charge in [-0.05, 0) is 5.92 Å². The summed E-state index contributed by atoms with van der Waals surface area (Å²) in [5, 5.41) is 0. The van der Waals surface area contributed by atoms with Crippen molar-refractivity contribution in [3.8, 4) is 0 Å². The first-order chi connectivity index (χ1) is 5.16. The quantitative estimate of drug-likeness (QED) is 0.369. The molecule has 0 rings (SSSR count). The third kappa shape index (κ3) is 7.33. The molecule has 0 aliphatic carbocycles. The molecule has 0 aliphatic rings. The highest BCUT2D eigenvalue weighted by atomic mass is 16.5. The summed E-state index contributed by atoms with van der Waals surface area (Å²) >= 11 is 0. The first kappa shape index (κ1) is 10.4. The molecule has 0 spiro atoms. The maximum absolute atomic E-state index is 5.61. The fraction of sp³-hybridized carbons (Fsp3) is 0.875. The summed E-state index contributed by atoms with van der Waals surface area (Å²) in [5.41, 5.74) is 5.61. The minimum absolute atomic E-state index is 0.585. The van der Waals surface area contributed by atoms with Crippen molar-refractivity contribution >= 4 is 5.84 Å². The number of hydrogen-bond donors (Lipinski definition) is 1. The van der Waals surface area contributed by atoms with Crippen molar-refractivity contribution in [2.75, 3.05) is 20.3 Å². The van der Waals surface area contributed by atoms with E-state index in [1.807, 2.05) is 0 Å². The van der Waals surface area contributed by atoms with Crippen LogP contribution in [0.3, 0.4) is 0 Å². The molecular weight excluding hydrogens is 140 g/mol. The molecular formula is C8H18N2O. The van der Waals surface area contributed by atoms with Crippen LogP contribution in [-0.2, 0) is 4.74 Å². The van der Waals surface area contributed by atoms with Gasteiger partial charge in [-0.25, -0.2) is 0 Å². The number of amidine groups is 1. The SMILES string of the molecule is COCCN=C(N)CC(C)C. The first-order valence-electron chi connectivity index (χ1n) is 3.94. The Kier molecular flexibility index (Phi) is 5.84. The van der Waals surface area contributed by atoms with Crippen molar-refractivity contribution in [1.82, 2.24) is 0 Å². The normalized spacial score (nSPS) is 12.5. The largest absolute Gasteiger partial charge is 0.387 e. The number of methoxy groups -OCH3 is 1. The van der Waals surface area contributed by atoms with Gasteiger partial charge in [0.2, 0.25) is 0 Å². The first-order valence-corrected chi connectivity index (χ1v) is 3.94. The second-order valence-corrected chi connectivity index (χ2v) is 2.96. The van der Waals surface area contributed by atoms with Crippen LogP contribution in [0.2, 0.25) is 0 Å². The lowest BCUT2D eigenvalue weighted by Gasteiger charge is -2.03. The number of nitrogens with zero attached hydrogens (tertiary/aromatic N) is 1. The Labute approximate surface area is 68.6 Å². The number of rotatable bonds is 5. The van der Waals surface area contributed by atoms with Gasteiger partial charge in [-0.2, -0.15) is 0 Å². The Balaban J connectivity index is 3.46. The van der Waals surface area contributed by atoms with Crippen LogP contribution in [-0.4, -0.2) is 26.1 Å². The molecule has 2 N–H and O–H groups in total. The molecule has 0 aromatic rings. The lowest BCUT2D eigenvalue weighted by Crippen LogP contribution is -2.15. The van der Waals surface area contributed by atoms with Gasteiger partial charge in [0.25, 0.3) is 0 Å². The minimum atomic E-state index is 0.585. The molecule has 0 radical (unpaired) electrons. The molecule has 0 aromatic carbocycles. The van der Waals surface area contributed by atoms with E-state index in [2.05, 4.69) is 18.8 Å². The van der Waals surface area contributed by atoms with E-state index in [4.69, 9.17) is 10.5 Å². The van der Waals surface area contributed by atoms with Gasteiger partial charge in [0.05, 0.1) is 19.0 Å². The van der Waals surface area contributed by atoms with Crippen molar-refractivity contribution in [1.29, 1.82) is 0 Å². The fourth-order valence-electron chi connectivity index (χ4n) is 0.763. The zero-order valence-corrected chi connectivity index (χ0v) is 7.63. The van der Waals surface area contributed by atoms with Crippen LogP contribution in [0.1, 0.15) is 20.3 Å². The molecule has 0 unspecified atom stereocenters. The third-order valence-corrected chi connectivity index (χ3v) is 1.23. The summed E-state index contributed by atoms with van der Waals surface area (Å²) in [6.45, 7) is 5.57. The van der Waals surface area contributed by atoms with Gasteiger partial charge in [0.15, 0.2) is 0 Å². The number of aliphatic imine (C=N–C) groups is 1. The van der Waals surface area contributed by atoms with Crippen LogP contribution >= 0.6 is 0 Å². The fourth-order valence-corrected chi connectivity index (χ4v) is 0.763. The Hall–Kier alpha value is -0.570. The number of ether oxygens (including phenoxy) is 1. The lowest BCUT2D eigenvalue weighted by atomic mass is 10.1. The van der Waals surface area contributed by atoms with Crippen LogP contribution in [0.5, 0.6) is 0 Å². The predicted molar refractivity (Wildman–Crippen MR) is 47.8 cm³/mol. The van der Waals surface area contributed by atoms with Crippen LogP contribution < -0.4 is 5.73 Å². The molecule has 0 fully saturated rings. The Morgan fingerprint density at radius 1 is 1.55 bits per heavy atom. The molecule has 3 heteroatoms. The monoisotopic (exact) mass is 158 g/mol. The zero-order valence-electron chi connectivity index (χ0n) is 7.63. The van der Waals surface area contributed by atoms with E-state index in [-0.39, 0.29) is 0 Å². The molecule has 11 heavy (non-hydrogen) atoms. The molecule has 0 bridgehead atoms. The molecule has 0 aromatic heterocycles. The van der Waals surface area contributed by atoms with Crippen LogP contribution in [0.4, 0.5) is 0 Å². The van der Waals surface area contributed by atoms with E-state index in [1.54, 1.807) is 7.11 Å². The van der Waals surface area contributed by atoms with E-state index in [1.165, 1.54) is 0 Å². The van der Waals surface area contributed by atoms with Crippen LogP contribution in [0.25, 0.3) is 0 Å². The molecule has 0 saturated heterocycles. The average molecular weight is 158 g/mol. The standard InChI is InChI=1S/C8H18N2O/c1-7(2)6-8(9)10-4-5-11-3/h7H,4-6H2,1-3H3,(H2,9,10). The van der Waals surface area contributed by atoms with Crippen molar-refractivity contribution in [2.24, 2.45) is 16.6 Å². The molecule has 0 amide bonds. The van der Waals surface area contributed by atoms with Crippen LogP contribution in [0, 0.1) is 5.92 Å². The molecule has 0 atom stereocenters. The Morgan fingerprint density at radius 2 is 2.18 bits per heavy atom. The highest BCUT2D eigenvalue weighted by molar-refractivity contribution is 5.80. The van der Waals surface area contributed by atoms with E-state index < -0.39 is 0 Å². The lowest BCUT2D eigenvalue weighted by molar-refractivity contribution is 0.208. The molecule has 0 saturated carbocycles. The highest BCUT2D eigenvalue weighted by Crippen LogP contribution is 1.97. The smallest absolute Gasteiger partial charge is 0.0940 e. The van der Waals surface area contributed by atoms with Crippen molar-refractivity contribution in [3.05, 3.63) is 0 Å². The minimum Gasteiger partial charge on any atom is -0.387 e. The topological polar surface area (TPSA) is 47.6 Å². The summed E-state index contributed by atoms with van der Waals surface area (Å²) in [6, 6.07) is 0. The molecule has 3 nitrogen and oxygen atoms in total. The van der Waals surface area contributed by atoms with E-state index in [0.717, 1.165) is 12.3 Å². The Bertz CT molecular complexity index is 121. The average Bonchev–Trinajstić information content (AvgIpc) is 1.86. The second kappa shape index (κ2) is 6.16. The highest BCUT2D eigenvalue weighted by Gasteiger charge is 1.96. The van der Waals surface area contributed by atoms with E-state index in [0.29, 0.717) is 19.1 Å². The van der Waals surface area contributed by atoms with Crippen LogP contribution in [0.15, 0.2) is 4.99 Å². The summed E-state index contributed by atoms with van der Waals surface area (Å²) in [4.78, 5) is 4.12. The zero-order chi connectivity index (χ0) is 8.69. The van der Waals surface area contributed by atoms with Gasteiger partial charge in [0, 0.05) is 13.5 Å². The maximum Gasteiger partial charge on any atom is 0.0940 e. The number of hydrogen-bond acceptors (Lipinski definition) is 2. The second-order valence-electron chi connectivity index (χ2n) is 2.96. The van der Waals surface area contributed by atoms with Gasteiger partial charge < -0.3 is 10.5 Å². The van der Waals surface area contributed by atoms with Gasteiger partial charge in [-0.15, -0.1) is 0 Å². The van der Waals surface area contributed by atoms with Gasteiger partial charge >= 0.3 is 0 Å². The predicted octanol–water partition coefficient (Wildman–Crippen LogP) is 1.04. The van der Waals surface area contributed by atoms with Gasteiger partial charge in [-0.1, -0.05) is 13.8 Å². The van der Waals surface area contributed by atoms with E-state index >= 15 is 0 Å². The summed E-state index contributed by atoms with van der Waals surface area (Å²) < 4.78 is 4.83. The third-order valence-electron chi connectivity index (χ3n) is 1.23. The maximum atomic E-state index is 5.61. The van der Waals surface area contributed by atoms with Gasteiger partial charge in [0.1, 0.15) is 0 Å². The van der Waals surface area contributed by atoms with Crippen molar-refractivity contribution < 1.29 is 4.74 Å². The van der Waals surface area contributed by atoms with E-state index in [9.17, 15) is 0 Å². The van der Waals surface area contributed by atoms with Gasteiger partial charge in [-0.3, -0.25) is 4.99 Å².